The molecule has 0 atom stereocenters. The summed E-state index contributed by atoms with van der Waals surface area (Å²) in [7, 11) is 3.03. The highest BCUT2D eigenvalue weighted by Gasteiger charge is 2.15. The van der Waals surface area contributed by atoms with Crippen molar-refractivity contribution in [3.8, 4) is 23.3 Å². The highest BCUT2D eigenvalue weighted by atomic mass is 16.5. The second-order valence-corrected chi connectivity index (χ2v) is 5.68. The van der Waals surface area contributed by atoms with E-state index in [2.05, 4.69) is 5.32 Å². The van der Waals surface area contributed by atoms with E-state index < -0.39 is 5.91 Å². The summed E-state index contributed by atoms with van der Waals surface area (Å²) < 4.78 is 16.3. The van der Waals surface area contributed by atoms with Crippen molar-refractivity contribution in [3.63, 3.8) is 0 Å². The van der Waals surface area contributed by atoms with E-state index in [1.165, 1.54) is 20.3 Å². The number of methoxy groups -OCH3 is 2. The van der Waals surface area contributed by atoms with Crippen molar-refractivity contribution < 1.29 is 19.0 Å². The van der Waals surface area contributed by atoms with Gasteiger partial charge in [-0.3, -0.25) is 4.79 Å². The van der Waals surface area contributed by atoms with Gasteiger partial charge in [0.15, 0.2) is 11.5 Å². The molecule has 6 nitrogen and oxygen atoms in total. The van der Waals surface area contributed by atoms with Crippen LogP contribution in [0.15, 0.2) is 42.0 Å². The molecule has 0 saturated heterocycles. The first-order valence-corrected chi connectivity index (χ1v) is 8.41. The molecule has 1 N–H and O–H groups in total. The van der Waals surface area contributed by atoms with Crippen molar-refractivity contribution in [1.29, 1.82) is 5.26 Å². The Morgan fingerprint density at radius 3 is 2.37 bits per heavy atom. The zero-order valence-corrected chi connectivity index (χ0v) is 15.8. The predicted molar refractivity (Wildman–Crippen MR) is 104 cm³/mol. The van der Waals surface area contributed by atoms with Crippen LogP contribution in [0.5, 0.6) is 17.2 Å². The molecule has 0 aromatic heterocycles. The summed E-state index contributed by atoms with van der Waals surface area (Å²) in [6, 6.07) is 12.7. The van der Waals surface area contributed by atoms with Crippen molar-refractivity contribution in [2.24, 2.45) is 0 Å². The van der Waals surface area contributed by atoms with Crippen LogP contribution in [-0.2, 0) is 4.79 Å². The summed E-state index contributed by atoms with van der Waals surface area (Å²) in [6.07, 6.45) is 1.48. The van der Waals surface area contributed by atoms with E-state index in [0.717, 1.165) is 5.56 Å². The van der Waals surface area contributed by atoms with Gasteiger partial charge in [0, 0.05) is 5.69 Å². The van der Waals surface area contributed by atoms with E-state index in [4.69, 9.17) is 14.2 Å². The lowest BCUT2D eigenvalue weighted by Gasteiger charge is -2.14. The van der Waals surface area contributed by atoms with Gasteiger partial charge in [0.25, 0.3) is 5.91 Å². The minimum Gasteiger partial charge on any atom is -0.493 e. The Labute approximate surface area is 159 Å². The molecule has 2 aromatic carbocycles. The fraction of sp³-hybridized carbons (Fsp3) is 0.238. The van der Waals surface area contributed by atoms with Gasteiger partial charge in [0.2, 0.25) is 5.75 Å². The molecule has 0 unspecified atom stereocenters. The second-order valence-electron chi connectivity index (χ2n) is 5.68. The number of ether oxygens (including phenoxy) is 3. The second kappa shape index (κ2) is 9.30. The Morgan fingerprint density at radius 2 is 1.85 bits per heavy atom. The average Bonchev–Trinajstić information content (AvgIpc) is 2.66. The molecule has 2 aromatic rings. The Bertz CT molecular complexity index is 872. The molecule has 6 heteroatoms. The van der Waals surface area contributed by atoms with Crippen LogP contribution in [0.3, 0.4) is 0 Å². The Hall–Kier alpha value is -3.46. The molecule has 27 heavy (non-hydrogen) atoms. The molecule has 0 radical (unpaired) electrons. The summed E-state index contributed by atoms with van der Waals surface area (Å²) in [5.41, 5.74) is 2.19. The van der Waals surface area contributed by atoms with Gasteiger partial charge in [-0.25, -0.2) is 0 Å². The molecular formula is C21H22N2O4. The normalized spacial score (nSPS) is 10.7. The van der Waals surface area contributed by atoms with Crippen LogP contribution in [0, 0.1) is 18.3 Å². The van der Waals surface area contributed by atoms with E-state index in [1.54, 1.807) is 18.2 Å². The van der Waals surface area contributed by atoms with Gasteiger partial charge < -0.3 is 19.5 Å². The van der Waals surface area contributed by atoms with Gasteiger partial charge in [0.05, 0.1) is 20.8 Å². The average molecular weight is 366 g/mol. The first kappa shape index (κ1) is 19.9. The van der Waals surface area contributed by atoms with Gasteiger partial charge in [-0.1, -0.05) is 12.1 Å². The fourth-order valence-corrected chi connectivity index (χ4v) is 2.51. The third-order valence-corrected chi connectivity index (χ3v) is 3.72. The first-order valence-electron chi connectivity index (χ1n) is 8.41. The molecule has 0 aliphatic carbocycles. The number of carbonyl (C=O) groups excluding carboxylic acids is 1. The van der Waals surface area contributed by atoms with Crippen LogP contribution in [0.25, 0.3) is 6.08 Å². The summed E-state index contributed by atoms with van der Waals surface area (Å²) in [5.74, 6) is 0.898. The zero-order valence-electron chi connectivity index (χ0n) is 15.8. The number of nitriles is 1. The third kappa shape index (κ3) is 5.02. The molecule has 0 saturated carbocycles. The van der Waals surface area contributed by atoms with Gasteiger partial charge in [-0.15, -0.1) is 0 Å². The number of nitrogens with zero attached hydrogens (tertiary/aromatic N) is 1. The SMILES string of the molecule is CCOc1c(OC)cc(C=C(C#N)C(=O)Nc2cccc(C)c2)cc1OC. The molecule has 0 spiro atoms. The van der Waals surface area contributed by atoms with Crippen molar-refractivity contribution in [2.45, 2.75) is 13.8 Å². The number of hydrogen-bond donors (Lipinski definition) is 1. The van der Waals surface area contributed by atoms with Gasteiger partial charge in [0.1, 0.15) is 11.6 Å². The smallest absolute Gasteiger partial charge is 0.266 e. The van der Waals surface area contributed by atoms with Crippen LogP contribution in [0.2, 0.25) is 0 Å². The minimum absolute atomic E-state index is 0.0372. The Kier molecular flexibility index (Phi) is 6.84. The number of carbonyl (C=O) groups is 1. The summed E-state index contributed by atoms with van der Waals surface area (Å²) in [5, 5.41) is 12.1. The van der Waals surface area contributed by atoms with Crippen LogP contribution < -0.4 is 19.5 Å². The number of amides is 1. The largest absolute Gasteiger partial charge is 0.493 e. The Balaban J connectivity index is 2.36. The number of benzene rings is 2. The summed E-state index contributed by atoms with van der Waals surface area (Å²) in [6.45, 7) is 4.23. The third-order valence-electron chi connectivity index (χ3n) is 3.72. The molecule has 0 heterocycles. The topological polar surface area (TPSA) is 80.6 Å². The van der Waals surface area contributed by atoms with Crippen LogP contribution in [0.4, 0.5) is 5.69 Å². The lowest BCUT2D eigenvalue weighted by atomic mass is 10.1. The molecular weight excluding hydrogens is 344 g/mol. The maximum absolute atomic E-state index is 12.4. The highest BCUT2D eigenvalue weighted by Crippen LogP contribution is 2.39. The molecule has 0 aliphatic rings. The van der Waals surface area contributed by atoms with Gasteiger partial charge in [-0.05, 0) is 55.3 Å². The van der Waals surface area contributed by atoms with Crippen LogP contribution >= 0.6 is 0 Å². The van der Waals surface area contributed by atoms with E-state index in [0.29, 0.717) is 35.1 Å². The first-order chi connectivity index (χ1) is 13.0. The van der Waals surface area contributed by atoms with Crippen molar-refractivity contribution in [3.05, 3.63) is 53.1 Å². The zero-order chi connectivity index (χ0) is 19.8. The fourth-order valence-electron chi connectivity index (χ4n) is 2.51. The number of aryl methyl sites for hydroxylation is 1. The number of rotatable bonds is 7. The monoisotopic (exact) mass is 366 g/mol. The number of hydrogen-bond acceptors (Lipinski definition) is 5. The van der Waals surface area contributed by atoms with Crippen molar-refractivity contribution in [1.82, 2.24) is 0 Å². The lowest BCUT2D eigenvalue weighted by molar-refractivity contribution is -0.112. The number of anilines is 1. The highest BCUT2D eigenvalue weighted by molar-refractivity contribution is 6.09. The van der Waals surface area contributed by atoms with E-state index >= 15 is 0 Å². The molecule has 1 amide bonds. The number of nitrogens with one attached hydrogen (secondary N) is 1. The standard InChI is InChI=1S/C21H22N2O4/c1-5-27-20-18(25-3)11-15(12-19(20)26-4)10-16(13-22)21(24)23-17-8-6-7-14(2)9-17/h6-12H,5H2,1-4H3,(H,23,24). The van der Waals surface area contributed by atoms with Crippen molar-refractivity contribution >= 4 is 17.7 Å². The summed E-state index contributed by atoms with van der Waals surface area (Å²) in [4.78, 5) is 12.4. The van der Waals surface area contributed by atoms with Crippen molar-refractivity contribution in [2.75, 3.05) is 26.1 Å². The maximum atomic E-state index is 12.4. The minimum atomic E-state index is -0.491. The molecule has 2 rings (SSSR count). The molecule has 0 aliphatic heterocycles. The maximum Gasteiger partial charge on any atom is 0.266 e. The lowest BCUT2D eigenvalue weighted by Crippen LogP contribution is -2.13. The quantitative estimate of drug-likeness (QED) is 0.593. The molecule has 0 fully saturated rings. The summed E-state index contributed by atoms with van der Waals surface area (Å²) >= 11 is 0. The van der Waals surface area contributed by atoms with Gasteiger partial charge in [-0.2, -0.15) is 5.26 Å². The molecule has 140 valence electrons. The van der Waals surface area contributed by atoms with E-state index in [-0.39, 0.29) is 5.57 Å². The molecule has 0 bridgehead atoms. The van der Waals surface area contributed by atoms with E-state index in [1.807, 2.05) is 38.1 Å². The van der Waals surface area contributed by atoms with Crippen LogP contribution in [-0.4, -0.2) is 26.7 Å². The van der Waals surface area contributed by atoms with E-state index in [9.17, 15) is 10.1 Å². The van der Waals surface area contributed by atoms with Gasteiger partial charge >= 0.3 is 0 Å². The Morgan fingerprint density at radius 1 is 1.19 bits per heavy atom. The predicted octanol–water partition coefficient (Wildman–Crippen LogP) is 3.96. The van der Waals surface area contributed by atoms with Crippen LogP contribution in [0.1, 0.15) is 18.1 Å².